The maximum Gasteiger partial charge on any atom is 0.326 e. The van der Waals surface area contributed by atoms with Gasteiger partial charge in [-0.15, -0.1) is 0 Å². The van der Waals surface area contributed by atoms with Crippen LogP contribution in [0, 0.1) is 5.92 Å². The molecule has 0 radical (unpaired) electrons. The Morgan fingerprint density at radius 3 is 2.15 bits per heavy atom. The highest BCUT2D eigenvalue weighted by Crippen LogP contribution is 2.19. The number of aliphatic carboxylic acids is 1. The van der Waals surface area contributed by atoms with Crippen molar-refractivity contribution in [1.82, 2.24) is 5.32 Å². The minimum Gasteiger partial charge on any atom is -0.480 e. The molecule has 0 spiro atoms. The van der Waals surface area contributed by atoms with Crippen LogP contribution in [0.3, 0.4) is 0 Å². The van der Waals surface area contributed by atoms with Crippen LogP contribution in [0.1, 0.15) is 30.6 Å². The van der Waals surface area contributed by atoms with Gasteiger partial charge in [0.15, 0.2) is 0 Å². The minimum absolute atomic E-state index is 0.0397. The van der Waals surface area contributed by atoms with Gasteiger partial charge in [-0.2, -0.15) is 0 Å². The van der Waals surface area contributed by atoms with Crippen molar-refractivity contribution in [3.63, 3.8) is 0 Å². The SMILES string of the molecule is CCOC(=O)[C@@H](C)C[C@@H](NC(=O)c1ccc(-c2ccccc2)cc1)C(=O)O. The minimum atomic E-state index is -1.19. The van der Waals surface area contributed by atoms with Gasteiger partial charge in [0, 0.05) is 5.56 Å². The lowest BCUT2D eigenvalue weighted by molar-refractivity contribution is -0.148. The molecule has 2 N–H and O–H groups in total. The summed E-state index contributed by atoms with van der Waals surface area (Å²) in [7, 11) is 0. The number of carbonyl (C=O) groups is 3. The quantitative estimate of drug-likeness (QED) is 0.698. The first-order valence-electron chi connectivity index (χ1n) is 8.78. The smallest absolute Gasteiger partial charge is 0.326 e. The van der Waals surface area contributed by atoms with Crippen molar-refractivity contribution in [3.8, 4) is 11.1 Å². The fourth-order valence-corrected chi connectivity index (χ4v) is 2.64. The number of hydrogen-bond acceptors (Lipinski definition) is 4. The Kier molecular flexibility index (Phi) is 7.11. The van der Waals surface area contributed by atoms with Crippen LogP contribution in [-0.4, -0.2) is 35.6 Å². The molecule has 0 unspecified atom stereocenters. The number of amides is 1. The van der Waals surface area contributed by atoms with Crippen LogP contribution < -0.4 is 5.32 Å². The van der Waals surface area contributed by atoms with Gasteiger partial charge < -0.3 is 15.2 Å². The maximum atomic E-state index is 12.4. The van der Waals surface area contributed by atoms with E-state index >= 15 is 0 Å². The Balaban J connectivity index is 2.04. The number of esters is 1. The van der Waals surface area contributed by atoms with Crippen LogP contribution in [0.15, 0.2) is 54.6 Å². The molecule has 2 aromatic carbocycles. The van der Waals surface area contributed by atoms with Gasteiger partial charge >= 0.3 is 11.9 Å². The Morgan fingerprint density at radius 2 is 1.59 bits per heavy atom. The first-order chi connectivity index (χ1) is 12.9. The molecular weight excluding hydrogens is 346 g/mol. The second-order valence-electron chi connectivity index (χ2n) is 6.20. The first kappa shape index (κ1) is 20.2. The van der Waals surface area contributed by atoms with Gasteiger partial charge in [-0.3, -0.25) is 9.59 Å². The lowest BCUT2D eigenvalue weighted by atomic mass is 10.0. The molecule has 0 saturated carbocycles. The monoisotopic (exact) mass is 369 g/mol. The van der Waals surface area contributed by atoms with Gasteiger partial charge in [0.2, 0.25) is 0 Å². The molecule has 27 heavy (non-hydrogen) atoms. The number of carboxylic acids is 1. The number of ether oxygens (including phenoxy) is 1. The van der Waals surface area contributed by atoms with Crippen LogP contribution >= 0.6 is 0 Å². The first-order valence-corrected chi connectivity index (χ1v) is 8.78. The zero-order valence-corrected chi connectivity index (χ0v) is 15.3. The van der Waals surface area contributed by atoms with Gasteiger partial charge in [0.25, 0.3) is 5.91 Å². The van der Waals surface area contributed by atoms with E-state index < -0.39 is 29.8 Å². The van der Waals surface area contributed by atoms with E-state index in [9.17, 15) is 19.5 Å². The molecule has 1 amide bonds. The third kappa shape index (κ3) is 5.67. The molecule has 0 saturated heterocycles. The molecule has 0 aromatic heterocycles. The third-order valence-electron chi connectivity index (χ3n) is 4.14. The Hall–Kier alpha value is -3.15. The van der Waals surface area contributed by atoms with E-state index in [-0.39, 0.29) is 13.0 Å². The van der Waals surface area contributed by atoms with E-state index in [0.29, 0.717) is 5.56 Å². The van der Waals surface area contributed by atoms with Gasteiger partial charge in [-0.25, -0.2) is 4.79 Å². The lowest BCUT2D eigenvalue weighted by Gasteiger charge is -2.18. The fraction of sp³-hybridized carbons (Fsp3) is 0.286. The standard InChI is InChI=1S/C21H23NO5/c1-3-27-21(26)14(2)13-18(20(24)25)22-19(23)17-11-9-16(10-12-17)15-7-5-4-6-8-15/h4-12,14,18H,3,13H2,1-2H3,(H,22,23)(H,24,25)/t14-,18+/m0/s1. The van der Waals surface area contributed by atoms with E-state index in [1.54, 1.807) is 38.1 Å². The normalized spacial score (nSPS) is 12.7. The zero-order valence-electron chi connectivity index (χ0n) is 15.3. The van der Waals surface area contributed by atoms with Crippen molar-refractivity contribution >= 4 is 17.8 Å². The van der Waals surface area contributed by atoms with E-state index in [4.69, 9.17) is 4.74 Å². The topological polar surface area (TPSA) is 92.7 Å². The van der Waals surface area contributed by atoms with Gasteiger partial charge in [0.1, 0.15) is 6.04 Å². The van der Waals surface area contributed by atoms with Crippen molar-refractivity contribution < 1.29 is 24.2 Å². The summed E-state index contributed by atoms with van der Waals surface area (Å²) in [5, 5.41) is 11.8. The molecule has 6 nitrogen and oxygen atoms in total. The van der Waals surface area contributed by atoms with Crippen LogP contribution in [-0.2, 0) is 14.3 Å². The van der Waals surface area contributed by atoms with E-state index in [2.05, 4.69) is 5.32 Å². The highest BCUT2D eigenvalue weighted by molar-refractivity contribution is 5.97. The molecule has 0 heterocycles. The third-order valence-corrected chi connectivity index (χ3v) is 4.14. The van der Waals surface area contributed by atoms with E-state index in [1.807, 2.05) is 30.3 Å². The highest BCUT2D eigenvalue weighted by Gasteiger charge is 2.26. The summed E-state index contributed by atoms with van der Waals surface area (Å²) in [4.78, 5) is 35.5. The summed E-state index contributed by atoms with van der Waals surface area (Å²) >= 11 is 0. The number of nitrogens with one attached hydrogen (secondary N) is 1. The van der Waals surface area contributed by atoms with Crippen molar-refractivity contribution in [3.05, 3.63) is 60.2 Å². The van der Waals surface area contributed by atoms with Crippen LogP contribution in [0.2, 0.25) is 0 Å². The fourth-order valence-electron chi connectivity index (χ4n) is 2.64. The molecule has 0 aliphatic carbocycles. The van der Waals surface area contributed by atoms with E-state index in [1.165, 1.54) is 0 Å². The molecule has 2 rings (SSSR count). The molecule has 6 heteroatoms. The second-order valence-corrected chi connectivity index (χ2v) is 6.20. The molecule has 0 bridgehead atoms. The average molecular weight is 369 g/mol. The summed E-state index contributed by atoms with van der Waals surface area (Å²) in [6.07, 6.45) is -0.0397. The van der Waals surface area contributed by atoms with Crippen LogP contribution in [0.25, 0.3) is 11.1 Å². The van der Waals surface area contributed by atoms with Crippen LogP contribution in [0.4, 0.5) is 0 Å². The zero-order chi connectivity index (χ0) is 19.8. The number of carbonyl (C=O) groups excluding carboxylic acids is 2. The molecule has 2 atom stereocenters. The predicted molar refractivity (Wildman–Crippen MR) is 101 cm³/mol. The lowest BCUT2D eigenvalue weighted by Crippen LogP contribution is -2.42. The molecule has 2 aromatic rings. The van der Waals surface area contributed by atoms with Crippen molar-refractivity contribution in [2.45, 2.75) is 26.3 Å². The Morgan fingerprint density at radius 1 is 1.00 bits per heavy atom. The van der Waals surface area contributed by atoms with E-state index in [0.717, 1.165) is 11.1 Å². The van der Waals surface area contributed by atoms with Crippen molar-refractivity contribution in [2.24, 2.45) is 5.92 Å². The predicted octanol–water partition coefficient (Wildman–Crippen LogP) is 3.13. The van der Waals surface area contributed by atoms with Gasteiger partial charge in [0.05, 0.1) is 12.5 Å². The van der Waals surface area contributed by atoms with Gasteiger partial charge in [-0.1, -0.05) is 49.4 Å². The number of carboxylic acid groups (broad SMARTS) is 1. The molecule has 0 aliphatic heterocycles. The van der Waals surface area contributed by atoms with Gasteiger partial charge in [-0.05, 0) is 36.6 Å². The van der Waals surface area contributed by atoms with Crippen LogP contribution in [0.5, 0.6) is 0 Å². The summed E-state index contributed by atoms with van der Waals surface area (Å²) in [6.45, 7) is 3.48. The average Bonchev–Trinajstić information content (AvgIpc) is 2.68. The largest absolute Gasteiger partial charge is 0.480 e. The number of rotatable bonds is 8. The number of benzene rings is 2. The molecule has 0 fully saturated rings. The summed E-state index contributed by atoms with van der Waals surface area (Å²) < 4.78 is 4.88. The second kappa shape index (κ2) is 9.52. The summed E-state index contributed by atoms with van der Waals surface area (Å²) in [6, 6.07) is 15.4. The molecule has 142 valence electrons. The summed E-state index contributed by atoms with van der Waals surface area (Å²) in [5.74, 6) is -2.81. The highest BCUT2D eigenvalue weighted by atomic mass is 16.5. The Bertz CT molecular complexity index is 786. The maximum absolute atomic E-state index is 12.4. The summed E-state index contributed by atoms with van der Waals surface area (Å²) in [5.41, 5.74) is 2.33. The molecular formula is C21H23NO5. The van der Waals surface area contributed by atoms with Crippen molar-refractivity contribution in [1.29, 1.82) is 0 Å². The molecule has 0 aliphatic rings. The Labute approximate surface area is 158 Å². The van der Waals surface area contributed by atoms with Crippen molar-refractivity contribution in [2.75, 3.05) is 6.61 Å². The number of hydrogen-bond donors (Lipinski definition) is 2.